The molecule has 1 amide bonds. The fourth-order valence-corrected chi connectivity index (χ4v) is 4.38. The normalized spacial score (nSPS) is 19.1. The molecule has 3 aromatic rings. The molecule has 2 aliphatic rings. The number of aromatic nitrogens is 1. The van der Waals surface area contributed by atoms with Crippen molar-refractivity contribution in [3.8, 4) is 0 Å². The van der Waals surface area contributed by atoms with Crippen molar-refractivity contribution in [1.29, 1.82) is 0 Å². The summed E-state index contributed by atoms with van der Waals surface area (Å²) in [5, 5.41) is 11.9. The molecule has 7 nitrogen and oxygen atoms in total. The number of quaternary nitrogens is 1. The lowest BCUT2D eigenvalue weighted by Gasteiger charge is -2.46. The number of amides is 1. The van der Waals surface area contributed by atoms with Crippen molar-refractivity contribution in [2.75, 3.05) is 17.0 Å². The van der Waals surface area contributed by atoms with E-state index in [0.717, 1.165) is 28.8 Å². The second-order valence-corrected chi connectivity index (χ2v) is 7.58. The molecule has 0 fully saturated rings. The number of nitrogens with one attached hydrogen (secondary N) is 1. The Kier molecular flexibility index (Phi) is 4.44. The number of pyridine rings is 1. The fraction of sp³-hybridized carbons (Fsp3) is 0.174. The minimum absolute atomic E-state index is 0.0423. The van der Waals surface area contributed by atoms with Gasteiger partial charge in [-0.05, 0) is 29.3 Å². The van der Waals surface area contributed by atoms with Crippen LogP contribution in [0, 0.1) is 0 Å². The molecule has 1 atom stereocenters. The molecule has 150 valence electrons. The molecule has 0 bridgehead atoms. The van der Waals surface area contributed by atoms with Gasteiger partial charge in [-0.3, -0.25) is 9.98 Å². The van der Waals surface area contributed by atoms with Crippen LogP contribution in [0.4, 0.5) is 16.2 Å². The van der Waals surface area contributed by atoms with Crippen molar-refractivity contribution < 1.29 is 14.6 Å². The second kappa shape index (κ2) is 7.27. The van der Waals surface area contributed by atoms with Gasteiger partial charge in [0.25, 0.3) is 0 Å². The number of fused-ring (bicyclic) bond motifs is 2. The predicted octanol–water partition coefficient (Wildman–Crippen LogP) is 4.01. The third-order valence-corrected chi connectivity index (χ3v) is 5.77. The number of hydrogen-bond acceptors (Lipinski definition) is 4. The first-order valence-electron chi connectivity index (χ1n) is 9.94. The number of aliphatic imine (C=N–C) groups is 1. The topological polar surface area (TPSA) is 77.8 Å². The van der Waals surface area contributed by atoms with E-state index in [1.54, 1.807) is 18.6 Å². The summed E-state index contributed by atoms with van der Waals surface area (Å²) in [7, 11) is 0. The lowest BCUT2D eigenvalue weighted by Crippen LogP contribution is -2.67. The Hall–Kier alpha value is -3.71. The van der Waals surface area contributed by atoms with E-state index < -0.39 is 6.09 Å². The van der Waals surface area contributed by atoms with Crippen LogP contribution in [0.2, 0.25) is 0 Å². The van der Waals surface area contributed by atoms with E-state index in [9.17, 15) is 9.90 Å². The summed E-state index contributed by atoms with van der Waals surface area (Å²) in [5.41, 5.74) is 9.26. The fourth-order valence-electron chi connectivity index (χ4n) is 4.38. The van der Waals surface area contributed by atoms with Gasteiger partial charge in [0.1, 0.15) is 12.2 Å². The van der Waals surface area contributed by atoms with E-state index in [4.69, 9.17) is 0 Å². The minimum Gasteiger partial charge on any atom is -0.461 e. The van der Waals surface area contributed by atoms with Crippen LogP contribution in [0.1, 0.15) is 22.3 Å². The SMILES string of the molecule is O=C(O)N(c1cccc2c1C=NC2)[N+]1(Nc2ccncc2)CCc2ccccc2C1. The average Bonchev–Trinajstić information content (AvgIpc) is 3.24. The van der Waals surface area contributed by atoms with Gasteiger partial charge < -0.3 is 5.11 Å². The Bertz CT molecular complexity index is 1130. The molecule has 0 saturated heterocycles. The second-order valence-electron chi connectivity index (χ2n) is 7.58. The Labute approximate surface area is 174 Å². The first-order valence-corrected chi connectivity index (χ1v) is 9.94. The molecule has 0 radical (unpaired) electrons. The number of rotatable bonds is 4. The van der Waals surface area contributed by atoms with Gasteiger partial charge in [-0.15, -0.1) is 4.70 Å². The van der Waals surface area contributed by atoms with Crippen molar-refractivity contribution in [2.24, 2.45) is 4.99 Å². The van der Waals surface area contributed by atoms with Crippen LogP contribution in [0.3, 0.4) is 0 Å². The van der Waals surface area contributed by atoms with E-state index in [1.807, 2.05) is 42.5 Å². The Balaban J connectivity index is 1.66. The molecule has 2 aromatic carbocycles. The Morgan fingerprint density at radius 2 is 1.77 bits per heavy atom. The zero-order chi connectivity index (χ0) is 20.6. The van der Waals surface area contributed by atoms with Crippen molar-refractivity contribution >= 4 is 23.7 Å². The van der Waals surface area contributed by atoms with Gasteiger partial charge in [0.15, 0.2) is 6.54 Å². The quantitative estimate of drug-likeness (QED) is 0.649. The van der Waals surface area contributed by atoms with Crippen LogP contribution in [0.15, 0.2) is 72.0 Å². The zero-order valence-corrected chi connectivity index (χ0v) is 16.4. The first-order chi connectivity index (χ1) is 14.7. The van der Waals surface area contributed by atoms with E-state index in [-0.39, 0.29) is 4.70 Å². The molecule has 1 aromatic heterocycles. The van der Waals surface area contributed by atoms with Crippen LogP contribution in [0.25, 0.3) is 0 Å². The number of nitrogens with zero attached hydrogens (tertiary/aromatic N) is 4. The molecule has 2 N–H and O–H groups in total. The third kappa shape index (κ3) is 3.09. The summed E-state index contributed by atoms with van der Waals surface area (Å²) >= 11 is 0. The van der Waals surface area contributed by atoms with Crippen molar-refractivity contribution in [3.63, 3.8) is 0 Å². The molecule has 7 heteroatoms. The van der Waals surface area contributed by atoms with Gasteiger partial charge in [0, 0.05) is 36.2 Å². The number of anilines is 2. The molecule has 0 aliphatic carbocycles. The largest absolute Gasteiger partial charge is 0.461 e. The molecule has 30 heavy (non-hydrogen) atoms. The standard InChI is InChI=1S/C23H21N5O2/c29-23(30)27(22-7-3-6-18-14-25-15-21(18)22)28(26-20-8-11-24-12-9-20)13-10-17-4-1-2-5-19(17)16-28/h1-9,11-12,15H,10,13-14,16H2,(H-,24,26,29,30)/p+1. The van der Waals surface area contributed by atoms with Gasteiger partial charge in [-0.25, -0.2) is 10.2 Å². The monoisotopic (exact) mass is 400 g/mol. The van der Waals surface area contributed by atoms with Crippen molar-refractivity contribution in [2.45, 2.75) is 19.5 Å². The highest BCUT2D eigenvalue weighted by Crippen LogP contribution is 2.35. The van der Waals surface area contributed by atoms with Gasteiger partial charge >= 0.3 is 6.09 Å². The van der Waals surface area contributed by atoms with E-state index >= 15 is 0 Å². The van der Waals surface area contributed by atoms with Crippen LogP contribution in [-0.2, 0) is 19.5 Å². The molecule has 1 unspecified atom stereocenters. The van der Waals surface area contributed by atoms with Crippen LogP contribution in [-0.4, -0.2) is 33.6 Å². The summed E-state index contributed by atoms with van der Waals surface area (Å²) in [6.45, 7) is 1.68. The molecule has 3 heterocycles. The van der Waals surface area contributed by atoms with Gasteiger partial charge in [0.05, 0.1) is 12.2 Å². The maximum absolute atomic E-state index is 12.7. The Morgan fingerprint density at radius 1 is 1.00 bits per heavy atom. The third-order valence-electron chi connectivity index (χ3n) is 5.77. The lowest BCUT2D eigenvalue weighted by molar-refractivity contribution is -0.924. The zero-order valence-electron chi connectivity index (χ0n) is 16.4. The summed E-state index contributed by atoms with van der Waals surface area (Å²) < 4.78 is 0.0423. The smallest absolute Gasteiger partial charge is 0.459 e. The molecular weight excluding hydrogens is 378 g/mol. The summed E-state index contributed by atoms with van der Waals surface area (Å²) in [6, 6.07) is 17.7. The number of carbonyl (C=O) groups is 1. The minimum atomic E-state index is -1.01. The highest BCUT2D eigenvalue weighted by atomic mass is 16.4. The van der Waals surface area contributed by atoms with Gasteiger partial charge in [-0.1, -0.05) is 41.4 Å². The maximum atomic E-state index is 12.7. The molecule has 5 rings (SSSR count). The average molecular weight is 400 g/mol. The molecule has 0 spiro atoms. The highest BCUT2D eigenvalue weighted by Gasteiger charge is 2.45. The van der Waals surface area contributed by atoms with Crippen LogP contribution >= 0.6 is 0 Å². The van der Waals surface area contributed by atoms with Gasteiger partial charge in [0.2, 0.25) is 0 Å². The first kappa shape index (κ1) is 18.3. The summed E-state index contributed by atoms with van der Waals surface area (Å²) in [6.07, 6.45) is 4.94. The summed E-state index contributed by atoms with van der Waals surface area (Å²) in [5.74, 6) is 0. The lowest BCUT2D eigenvalue weighted by atomic mass is 10.00. The van der Waals surface area contributed by atoms with E-state index in [1.165, 1.54) is 10.6 Å². The predicted molar refractivity (Wildman–Crippen MR) is 115 cm³/mol. The Morgan fingerprint density at radius 3 is 2.57 bits per heavy atom. The molecule has 0 saturated carbocycles. The number of benzene rings is 2. The summed E-state index contributed by atoms with van der Waals surface area (Å²) in [4.78, 5) is 21.2. The highest BCUT2D eigenvalue weighted by molar-refractivity contribution is 5.97. The van der Waals surface area contributed by atoms with Crippen molar-refractivity contribution in [1.82, 2.24) is 4.98 Å². The molecule has 2 aliphatic heterocycles. The van der Waals surface area contributed by atoms with Crippen LogP contribution in [0.5, 0.6) is 0 Å². The van der Waals surface area contributed by atoms with Crippen molar-refractivity contribution in [3.05, 3.63) is 89.2 Å². The van der Waals surface area contributed by atoms with E-state index in [0.29, 0.717) is 25.3 Å². The van der Waals surface area contributed by atoms with Crippen LogP contribution < -0.4 is 10.4 Å². The maximum Gasteiger partial charge on any atom is 0.459 e. The van der Waals surface area contributed by atoms with Gasteiger partial charge in [-0.2, -0.15) is 0 Å². The molecular formula is C23H22N5O2+. The number of carboxylic acid groups (broad SMARTS) is 1. The van der Waals surface area contributed by atoms with E-state index in [2.05, 4.69) is 27.5 Å². The number of hydrogen-bond donors (Lipinski definition) is 2.